The van der Waals surface area contributed by atoms with Gasteiger partial charge in [-0.05, 0) is 33.6 Å². The number of alkyl carbamates (subject to hydrolysis) is 1. The number of carbonyl (C=O) groups is 3. The molecule has 0 spiro atoms. The van der Waals surface area contributed by atoms with Crippen LogP contribution in [0.1, 0.15) is 33.6 Å². The lowest BCUT2D eigenvalue weighted by atomic mass is 10.1. The minimum atomic E-state index is -0.596. The van der Waals surface area contributed by atoms with Gasteiger partial charge in [-0.25, -0.2) is 4.79 Å². The summed E-state index contributed by atoms with van der Waals surface area (Å²) in [6, 6.07) is -0.378. The van der Waals surface area contributed by atoms with E-state index in [2.05, 4.69) is 10.1 Å². The summed E-state index contributed by atoms with van der Waals surface area (Å²) in [7, 11) is 1.31. The van der Waals surface area contributed by atoms with Crippen LogP contribution in [0, 0.1) is 11.8 Å². The fourth-order valence-corrected chi connectivity index (χ4v) is 2.20. The third-order valence-corrected chi connectivity index (χ3v) is 3.02. The van der Waals surface area contributed by atoms with E-state index < -0.39 is 11.7 Å². The van der Waals surface area contributed by atoms with Crippen molar-refractivity contribution in [2.75, 3.05) is 7.11 Å². The Morgan fingerprint density at radius 1 is 1.26 bits per heavy atom. The van der Waals surface area contributed by atoms with Crippen LogP contribution < -0.4 is 5.32 Å². The molecule has 3 unspecified atom stereocenters. The Bertz CT molecular complexity index is 361. The zero-order valence-electron chi connectivity index (χ0n) is 11.8. The fourth-order valence-electron chi connectivity index (χ4n) is 2.20. The van der Waals surface area contributed by atoms with Gasteiger partial charge in [0, 0.05) is 12.0 Å². The van der Waals surface area contributed by atoms with Gasteiger partial charge in [-0.2, -0.15) is 0 Å². The third kappa shape index (κ3) is 4.54. The molecule has 6 nitrogen and oxygen atoms in total. The average molecular weight is 271 g/mol. The van der Waals surface area contributed by atoms with Gasteiger partial charge in [0.2, 0.25) is 0 Å². The zero-order chi connectivity index (χ0) is 14.6. The molecule has 0 radical (unpaired) electrons. The molecule has 1 aliphatic rings. The van der Waals surface area contributed by atoms with Crippen molar-refractivity contribution in [3.8, 4) is 0 Å². The molecule has 0 heterocycles. The van der Waals surface area contributed by atoms with Gasteiger partial charge in [0.25, 0.3) is 0 Å². The van der Waals surface area contributed by atoms with Crippen molar-refractivity contribution in [3.05, 3.63) is 0 Å². The summed E-state index contributed by atoms with van der Waals surface area (Å²) in [5, 5.41) is 2.65. The maximum Gasteiger partial charge on any atom is 0.407 e. The Labute approximate surface area is 112 Å². The molecule has 0 aliphatic heterocycles. The van der Waals surface area contributed by atoms with Gasteiger partial charge in [-0.15, -0.1) is 0 Å². The molecule has 1 rings (SSSR count). The molecule has 0 aromatic heterocycles. The van der Waals surface area contributed by atoms with E-state index in [1.54, 1.807) is 20.8 Å². The second-order valence-electron chi connectivity index (χ2n) is 5.74. The van der Waals surface area contributed by atoms with Crippen molar-refractivity contribution in [3.63, 3.8) is 0 Å². The number of carbonyl (C=O) groups excluding carboxylic acids is 3. The number of amides is 1. The number of hydrogen-bond donors (Lipinski definition) is 1. The second kappa shape index (κ2) is 6.04. The molecule has 108 valence electrons. The molecule has 0 aromatic rings. The summed E-state index contributed by atoms with van der Waals surface area (Å²) < 4.78 is 9.79. The van der Waals surface area contributed by atoms with Gasteiger partial charge in [0.15, 0.2) is 0 Å². The van der Waals surface area contributed by atoms with Crippen LogP contribution in [0.3, 0.4) is 0 Å². The highest BCUT2D eigenvalue weighted by Gasteiger charge is 2.39. The van der Waals surface area contributed by atoms with E-state index in [4.69, 9.17) is 4.74 Å². The number of ether oxygens (including phenoxy) is 2. The van der Waals surface area contributed by atoms with E-state index in [0.29, 0.717) is 12.8 Å². The molecule has 1 amide bonds. The standard InChI is InChI=1S/C13H21NO5/c1-13(2,3)19-12(17)14-10-6-8(11(16)18-4)5-9(10)7-15/h7-10H,5-6H2,1-4H3,(H,14,17). The van der Waals surface area contributed by atoms with E-state index >= 15 is 0 Å². The molecule has 1 aliphatic carbocycles. The third-order valence-electron chi connectivity index (χ3n) is 3.02. The molecule has 0 aromatic carbocycles. The van der Waals surface area contributed by atoms with Gasteiger partial charge in [0.05, 0.1) is 13.0 Å². The van der Waals surface area contributed by atoms with E-state index in [1.807, 2.05) is 0 Å². The first-order chi connectivity index (χ1) is 8.76. The molecular weight excluding hydrogens is 250 g/mol. The van der Waals surface area contributed by atoms with Gasteiger partial charge in [-0.3, -0.25) is 4.79 Å². The molecule has 1 N–H and O–H groups in total. The summed E-state index contributed by atoms with van der Waals surface area (Å²) in [6.45, 7) is 5.28. The molecule has 1 fully saturated rings. The lowest BCUT2D eigenvalue weighted by molar-refractivity contribution is -0.145. The smallest absolute Gasteiger partial charge is 0.407 e. The summed E-state index contributed by atoms with van der Waals surface area (Å²) >= 11 is 0. The monoisotopic (exact) mass is 271 g/mol. The quantitative estimate of drug-likeness (QED) is 0.617. The maximum absolute atomic E-state index is 11.7. The number of aldehydes is 1. The molecule has 19 heavy (non-hydrogen) atoms. The van der Waals surface area contributed by atoms with Crippen molar-refractivity contribution >= 4 is 18.3 Å². The van der Waals surface area contributed by atoms with Crippen LogP contribution in [0.4, 0.5) is 4.79 Å². The number of hydrogen-bond acceptors (Lipinski definition) is 5. The van der Waals surface area contributed by atoms with Crippen molar-refractivity contribution in [1.82, 2.24) is 5.32 Å². The molecule has 3 atom stereocenters. The van der Waals surface area contributed by atoms with Gasteiger partial charge < -0.3 is 19.6 Å². The molecular formula is C13H21NO5. The summed E-state index contributed by atoms with van der Waals surface area (Å²) in [4.78, 5) is 34.1. The predicted octanol–water partition coefficient (Wildman–Crippen LogP) is 1.28. The number of rotatable bonds is 3. The zero-order valence-corrected chi connectivity index (χ0v) is 11.8. The first-order valence-corrected chi connectivity index (χ1v) is 6.29. The van der Waals surface area contributed by atoms with Crippen molar-refractivity contribution < 1.29 is 23.9 Å². The highest BCUT2D eigenvalue weighted by Crippen LogP contribution is 2.31. The molecule has 0 saturated heterocycles. The topological polar surface area (TPSA) is 81.7 Å². The van der Waals surface area contributed by atoms with Crippen LogP contribution in [-0.2, 0) is 19.1 Å². The Kier molecular flexibility index (Phi) is 4.91. The first-order valence-electron chi connectivity index (χ1n) is 6.29. The minimum absolute atomic E-state index is 0.347. The number of esters is 1. The largest absolute Gasteiger partial charge is 0.469 e. The molecule has 1 saturated carbocycles. The number of methoxy groups -OCH3 is 1. The summed E-state index contributed by atoms with van der Waals surface area (Å²) in [5.74, 6) is -1.07. The Morgan fingerprint density at radius 2 is 1.89 bits per heavy atom. The highest BCUT2D eigenvalue weighted by atomic mass is 16.6. The Balaban J connectivity index is 2.59. The van der Waals surface area contributed by atoms with Crippen molar-refractivity contribution in [2.24, 2.45) is 11.8 Å². The summed E-state index contributed by atoms with van der Waals surface area (Å²) in [5.41, 5.74) is -0.596. The van der Waals surface area contributed by atoms with Crippen LogP contribution in [0.5, 0.6) is 0 Å². The maximum atomic E-state index is 11.7. The first kappa shape index (κ1) is 15.5. The van der Waals surface area contributed by atoms with Crippen LogP contribution in [0.2, 0.25) is 0 Å². The Hall–Kier alpha value is -1.59. The normalized spacial score (nSPS) is 26.6. The van der Waals surface area contributed by atoms with Crippen molar-refractivity contribution in [2.45, 2.75) is 45.3 Å². The van der Waals surface area contributed by atoms with Crippen LogP contribution in [0.15, 0.2) is 0 Å². The van der Waals surface area contributed by atoms with Gasteiger partial charge in [-0.1, -0.05) is 0 Å². The average Bonchev–Trinajstić information content (AvgIpc) is 2.68. The van der Waals surface area contributed by atoms with Crippen LogP contribution in [-0.4, -0.2) is 37.1 Å². The number of nitrogens with one attached hydrogen (secondary N) is 1. The molecule has 6 heteroatoms. The van der Waals surface area contributed by atoms with Crippen molar-refractivity contribution in [1.29, 1.82) is 0 Å². The predicted molar refractivity (Wildman–Crippen MR) is 67.5 cm³/mol. The SMILES string of the molecule is COC(=O)C1CC(C=O)C(NC(=O)OC(C)(C)C)C1. The van der Waals surface area contributed by atoms with Crippen LogP contribution in [0.25, 0.3) is 0 Å². The minimum Gasteiger partial charge on any atom is -0.469 e. The van der Waals surface area contributed by atoms with E-state index in [0.717, 1.165) is 6.29 Å². The second-order valence-corrected chi connectivity index (χ2v) is 5.74. The van der Waals surface area contributed by atoms with E-state index in [9.17, 15) is 14.4 Å². The Morgan fingerprint density at radius 3 is 2.37 bits per heavy atom. The van der Waals surface area contributed by atoms with E-state index in [-0.39, 0.29) is 23.8 Å². The molecule has 0 bridgehead atoms. The highest BCUT2D eigenvalue weighted by molar-refractivity contribution is 5.75. The van der Waals surface area contributed by atoms with Gasteiger partial charge >= 0.3 is 12.1 Å². The summed E-state index contributed by atoms with van der Waals surface area (Å²) in [6.07, 6.45) is 0.992. The van der Waals surface area contributed by atoms with Crippen LogP contribution >= 0.6 is 0 Å². The lowest BCUT2D eigenvalue weighted by Crippen LogP contribution is -2.41. The lowest BCUT2D eigenvalue weighted by Gasteiger charge is -2.23. The van der Waals surface area contributed by atoms with Gasteiger partial charge in [0.1, 0.15) is 11.9 Å². The van der Waals surface area contributed by atoms with E-state index in [1.165, 1.54) is 7.11 Å². The fraction of sp³-hybridized carbons (Fsp3) is 0.769.